The number of rotatable bonds is 5. The van der Waals surface area contributed by atoms with Gasteiger partial charge in [-0.15, -0.1) is 0 Å². The Hall–Kier alpha value is -2.41. The van der Waals surface area contributed by atoms with Crippen molar-refractivity contribution in [3.05, 3.63) is 83.4 Å². The summed E-state index contributed by atoms with van der Waals surface area (Å²) in [5.41, 5.74) is 3.13. The van der Waals surface area contributed by atoms with E-state index in [2.05, 4.69) is 50.2 Å². The molecule has 2 aliphatic heterocycles. The van der Waals surface area contributed by atoms with Gasteiger partial charge >= 0.3 is 0 Å². The Balaban J connectivity index is 1.57. The van der Waals surface area contributed by atoms with E-state index in [0.29, 0.717) is 5.02 Å². The Morgan fingerprint density at radius 3 is 2.87 bits per heavy atom. The predicted molar refractivity (Wildman–Crippen MR) is 122 cm³/mol. The van der Waals surface area contributed by atoms with E-state index in [4.69, 9.17) is 28.6 Å². The van der Waals surface area contributed by atoms with Crippen molar-refractivity contribution in [3.8, 4) is 5.69 Å². The predicted octanol–water partition coefficient (Wildman–Crippen LogP) is 4.68. The SMILES string of the molecule is S=C1N[C@@H](c2ccccn2)[C@@H](c2cccn2-c2cccc(Cl)c2)N1C[C@@H]1CCCO1. The van der Waals surface area contributed by atoms with Crippen LogP contribution in [0.1, 0.15) is 36.3 Å². The molecule has 2 aliphatic rings. The van der Waals surface area contributed by atoms with Crippen LogP contribution in [0.3, 0.4) is 0 Å². The molecule has 0 amide bonds. The van der Waals surface area contributed by atoms with E-state index in [-0.39, 0.29) is 18.2 Å². The average molecular weight is 439 g/mol. The molecule has 1 aromatic carbocycles. The third-order valence-corrected chi connectivity index (χ3v) is 6.38. The first-order chi connectivity index (χ1) is 14.7. The molecule has 0 aliphatic carbocycles. The number of hydrogen-bond acceptors (Lipinski definition) is 3. The number of nitrogens with one attached hydrogen (secondary N) is 1. The monoisotopic (exact) mass is 438 g/mol. The minimum absolute atomic E-state index is 0.00872. The lowest BCUT2D eigenvalue weighted by Crippen LogP contribution is -2.36. The second-order valence-electron chi connectivity index (χ2n) is 7.70. The molecule has 1 N–H and O–H groups in total. The third kappa shape index (κ3) is 3.71. The van der Waals surface area contributed by atoms with Crippen LogP contribution >= 0.6 is 23.8 Å². The Morgan fingerprint density at radius 2 is 2.10 bits per heavy atom. The third-order valence-electron chi connectivity index (χ3n) is 5.79. The van der Waals surface area contributed by atoms with E-state index in [0.717, 1.165) is 48.2 Å². The highest BCUT2D eigenvalue weighted by Gasteiger charge is 2.42. The van der Waals surface area contributed by atoms with Gasteiger partial charge in [-0.25, -0.2) is 0 Å². The van der Waals surface area contributed by atoms with E-state index < -0.39 is 0 Å². The van der Waals surface area contributed by atoms with Gasteiger partial charge in [0.05, 0.1) is 23.9 Å². The van der Waals surface area contributed by atoms with E-state index in [9.17, 15) is 0 Å². The van der Waals surface area contributed by atoms with Crippen molar-refractivity contribution in [2.45, 2.75) is 31.0 Å². The maximum atomic E-state index is 6.28. The number of ether oxygens (including phenoxy) is 1. The molecular weight excluding hydrogens is 416 g/mol. The molecule has 0 spiro atoms. The number of nitrogens with zero attached hydrogens (tertiary/aromatic N) is 3. The highest BCUT2D eigenvalue weighted by Crippen LogP contribution is 2.40. The zero-order valence-electron chi connectivity index (χ0n) is 16.4. The number of hydrogen-bond donors (Lipinski definition) is 1. The molecule has 2 saturated heterocycles. The lowest BCUT2D eigenvalue weighted by Gasteiger charge is -2.30. The molecule has 2 aromatic heterocycles. The molecule has 0 saturated carbocycles. The van der Waals surface area contributed by atoms with Crippen molar-refractivity contribution in [3.63, 3.8) is 0 Å². The minimum atomic E-state index is -0.0482. The number of benzene rings is 1. The smallest absolute Gasteiger partial charge is 0.170 e. The second kappa shape index (κ2) is 8.38. The van der Waals surface area contributed by atoms with E-state index in [1.165, 1.54) is 0 Å². The van der Waals surface area contributed by atoms with Crippen molar-refractivity contribution in [2.24, 2.45) is 0 Å². The van der Waals surface area contributed by atoms with Gasteiger partial charge in [0, 0.05) is 41.9 Å². The summed E-state index contributed by atoms with van der Waals surface area (Å²) < 4.78 is 8.12. The number of aromatic nitrogens is 2. The Kier molecular flexibility index (Phi) is 5.46. The van der Waals surface area contributed by atoms with Crippen LogP contribution < -0.4 is 5.32 Å². The molecule has 3 atom stereocenters. The summed E-state index contributed by atoms with van der Waals surface area (Å²) in [5.74, 6) is 0. The first-order valence-electron chi connectivity index (χ1n) is 10.2. The summed E-state index contributed by atoms with van der Waals surface area (Å²) in [7, 11) is 0. The van der Waals surface area contributed by atoms with Gasteiger partial charge in [0.2, 0.25) is 0 Å². The summed E-state index contributed by atoms with van der Waals surface area (Å²) in [6, 6.07) is 18.1. The lowest BCUT2D eigenvalue weighted by atomic mass is 10.0. The zero-order valence-corrected chi connectivity index (χ0v) is 18.0. The van der Waals surface area contributed by atoms with Gasteiger partial charge in [-0.05, 0) is 67.5 Å². The topological polar surface area (TPSA) is 42.3 Å². The first-order valence-corrected chi connectivity index (χ1v) is 11.0. The van der Waals surface area contributed by atoms with Crippen LogP contribution in [0.4, 0.5) is 0 Å². The molecule has 5 rings (SSSR count). The second-order valence-corrected chi connectivity index (χ2v) is 8.52. The molecule has 7 heteroatoms. The molecule has 154 valence electrons. The Labute approximate surface area is 186 Å². The van der Waals surface area contributed by atoms with Gasteiger partial charge in [-0.1, -0.05) is 23.7 Å². The summed E-state index contributed by atoms with van der Waals surface area (Å²) in [4.78, 5) is 6.89. The normalized spacial score (nSPS) is 23.7. The number of halogens is 1. The Morgan fingerprint density at radius 1 is 1.17 bits per heavy atom. The summed E-state index contributed by atoms with van der Waals surface area (Å²) in [6.07, 6.45) is 6.27. The fourth-order valence-electron chi connectivity index (χ4n) is 4.43. The molecule has 30 heavy (non-hydrogen) atoms. The average Bonchev–Trinajstić information content (AvgIpc) is 3.50. The first kappa shape index (κ1) is 19.5. The van der Waals surface area contributed by atoms with Gasteiger partial charge in [0.25, 0.3) is 0 Å². The number of pyridine rings is 1. The van der Waals surface area contributed by atoms with Crippen LogP contribution in [0.5, 0.6) is 0 Å². The van der Waals surface area contributed by atoms with Gasteiger partial charge in [0.1, 0.15) is 0 Å². The minimum Gasteiger partial charge on any atom is -0.376 e. The van der Waals surface area contributed by atoms with Crippen molar-refractivity contribution in [1.82, 2.24) is 19.8 Å². The van der Waals surface area contributed by atoms with Gasteiger partial charge in [-0.3, -0.25) is 4.98 Å². The quantitative estimate of drug-likeness (QED) is 0.586. The van der Waals surface area contributed by atoms with Crippen LogP contribution in [0.2, 0.25) is 5.02 Å². The van der Waals surface area contributed by atoms with Gasteiger partial charge in [0.15, 0.2) is 5.11 Å². The van der Waals surface area contributed by atoms with Crippen LogP contribution in [-0.4, -0.2) is 38.8 Å². The molecule has 2 fully saturated rings. The number of thiocarbonyl (C=S) groups is 1. The summed E-state index contributed by atoms with van der Waals surface area (Å²) in [5, 5.41) is 4.98. The van der Waals surface area contributed by atoms with E-state index in [1.54, 1.807) is 0 Å². The summed E-state index contributed by atoms with van der Waals surface area (Å²) in [6.45, 7) is 1.59. The molecule has 3 aromatic rings. The molecule has 5 nitrogen and oxygen atoms in total. The van der Waals surface area contributed by atoms with Gasteiger partial charge < -0.3 is 19.5 Å². The highest BCUT2D eigenvalue weighted by molar-refractivity contribution is 7.80. The van der Waals surface area contributed by atoms with Crippen molar-refractivity contribution >= 4 is 28.9 Å². The summed E-state index contributed by atoms with van der Waals surface area (Å²) >= 11 is 12.1. The molecular formula is C23H23ClN4OS. The van der Waals surface area contributed by atoms with Crippen LogP contribution in [0.15, 0.2) is 67.0 Å². The van der Waals surface area contributed by atoms with E-state index in [1.807, 2.05) is 36.5 Å². The fraction of sp³-hybridized carbons (Fsp3) is 0.304. The molecule has 0 radical (unpaired) electrons. The maximum Gasteiger partial charge on any atom is 0.170 e. The largest absolute Gasteiger partial charge is 0.376 e. The van der Waals surface area contributed by atoms with E-state index >= 15 is 0 Å². The molecule has 0 bridgehead atoms. The van der Waals surface area contributed by atoms with Crippen LogP contribution in [0.25, 0.3) is 5.69 Å². The lowest BCUT2D eigenvalue weighted by molar-refractivity contribution is 0.0836. The fourth-order valence-corrected chi connectivity index (χ4v) is 4.93. The highest BCUT2D eigenvalue weighted by atomic mass is 35.5. The van der Waals surface area contributed by atoms with Crippen LogP contribution in [0, 0.1) is 0 Å². The van der Waals surface area contributed by atoms with Gasteiger partial charge in [-0.2, -0.15) is 0 Å². The molecule has 4 heterocycles. The van der Waals surface area contributed by atoms with Crippen molar-refractivity contribution < 1.29 is 4.74 Å². The van der Waals surface area contributed by atoms with Crippen molar-refractivity contribution in [1.29, 1.82) is 0 Å². The zero-order chi connectivity index (χ0) is 20.5. The maximum absolute atomic E-state index is 6.28. The molecule has 0 unspecified atom stereocenters. The van der Waals surface area contributed by atoms with Crippen molar-refractivity contribution in [2.75, 3.05) is 13.2 Å². The standard InChI is InChI=1S/C23H23ClN4OS/c24-16-6-3-7-17(14-16)27-12-4-10-20(27)22-21(19-9-1-2-11-25-19)26-23(30)28(22)15-18-8-5-13-29-18/h1-4,6-7,9-12,14,18,21-22H,5,8,13,15H2,(H,26,30)/t18-,21-,22+/m0/s1. The van der Waals surface area contributed by atoms with Crippen LogP contribution in [-0.2, 0) is 4.74 Å². The Bertz CT molecular complexity index is 1030.